The summed E-state index contributed by atoms with van der Waals surface area (Å²) in [5.74, 6) is -0.654. The number of halogens is 1. The monoisotopic (exact) mass is 386 g/mol. The molecular formula is C16H21ClN3O4S-. The number of sulfonamides is 1. The first-order valence-electron chi connectivity index (χ1n) is 8.11. The third kappa shape index (κ3) is 3.65. The molecule has 1 aromatic carbocycles. The number of fused-ring (bicyclic) bond motifs is 1. The van der Waals surface area contributed by atoms with Crippen molar-refractivity contribution in [3.8, 4) is 0 Å². The van der Waals surface area contributed by atoms with Crippen molar-refractivity contribution in [1.82, 2.24) is 14.1 Å². The first-order chi connectivity index (χ1) is 11.4. The van der Waals surface area contributed by atoms with Crippen LogP contribution in [0, 0.1) is 0 Å². The molecule has 0 unspecified atom stereocenters. The molecule has 2 heterocycles. The van der Waals surface area contributed by atoms with Crippen molar-refractivity contribution >= 4 is 21.8 Å². The molecule has 1 aromatic rings. The Bertz CT molecular complexity index is 760. The highest BCUT2D eigenvalue weighted by atomic mass is 35.5. The van der Waals surface area contributed by atoms with Crippen molar-refractivity contribution in [2.45, 2.75) is 18.2 Å². The Morgan fingerprint density at radius 3 is 2.36 bits per heavy atom. The standard InChI is InChI=1S/C16H21N3O4S.ClH/c1-2-17-9-11-18(12-10-17)15(20)7-8-19-16(21)13-5-3-4-6-14(13)24(19,22)23;/h3-6H,2,7-12H2,1H3;1H/p-1. The maximum atomic E-state index is 12.4. The third-order valence-electron chi connectivity index (χ3n) is 4.61. The van der Waals surface area contributed by atoms with Crippen LogP contribution in [-0.4, -0.2) is 73.6 Å². The number of hydrogen-bond donors (Lipinski definition) is 0. The van der Waals surface area contributed by atoms with E-state index in [9.17, 15) is 18.0 Å². The lowest BCUT2D eigenvalue weighted by Gasteiger charge is -2.34. The highest BCUT2D eigenvalue weighted by Crippen LogP contribution is 2.29. The summed E-state index contributed by atoms with van der Waals surface area (Å²) in [6, 6.07) is 6.15. The summed E-state index contributed by atoms with van der Waals surface area (Å²) in [7, 11) is -3.83. The fraction of sp³-hybridized carbons (Fsp3) is 0.500. The van der Waals surface area contributed by atoms with Gasteiger partial charge in [0.2, 0.25) is 5.91 Å². The molecule has 9 heteroatoms. The lowest BCUT2D eigenvalue weighted by atomic mass is 10.2. The number of nitrogens with zero attached hydrogens (tertiary/aromatic N) is 3. The van der Waals surface area contributed by atoms with E-state index in [2.05, 4.69) is 11.8 Å². The van der Waals surface area contributed by atoms with Gasteiger partial charge in [-0.1, -0.05) is 19.1 Å². The van der Waals surface area contributed by atoms with Gasteiger partial charge in [-0.2, -0.15) is 0 Å². The molecule has 138 valence electrons. The number of likely N-dealkylation sites (N-methyl/N-ethyl adjacent to an activating group) is 1. The highest BCUT2D eigenvalue weighted by molar-refractivity contribution is 7.90. The second-order valence-corrected chi connectivity index (χ2v) is 7.77. The van der Waals surface area contributed by atoms with E-state index in [4.69, 9.17) is 0 Å². The van der Waals surface area contributed by atoms with Crippen LogP contribution in [0.2, 0.25) is 0 Å². The molecular weight excluding hydrogens is 366 g/mol. The zero-order valence-electron chi connectivity index (χ0n) is 14.0. The van der Waals surface area contributed by atoms with Crippen LogP contribution in [0.15, 0.2) is 29.2 Å². The van der Waals surface area contributed by atoms with Crippen LogP contribution in [0.5, 0.6) is 0 Å². The van der Waals surface area contributed by atoms with E-state index in [0.29, 0.717) is 13.1 Å². The predicted octanol–water partition coefficient (Wildman–Crippen LogP) is -2.61. The molecule has 2 amide bonds. The molecule has 0 atom stereocenters. The zero-order valence-corrected chi connectivity index (χ0v) is 15.6. The Morgan fingerprint density at radius 2 is 1.76 bits per heavy atom. The zero-order chi connectivity index (χ0) is 17.3. The van der Waals surface area contributed by atoms with E-state index in [1.807, 2.05) is 0 Å². The van der Waals surface area contributed by atoms with Crippen molar-refractivity contribution in [2.75, 3.05) is 39.3 Å². The average molecular weight is 387 g/mol. The fourth-order valence-electron chi connectivity index (χ4n) is 3.12. The van der Waals surface area contributed by atoms with Crippen LogP contribution in [0.1, 0.15) is 23.7 Å². The van der Waals surface area contributed by atoms with Gasteiger partial charge in [-0.15, -0.1) is 0 Å². The third-order valence-corrected chi connectivity index (χ3v) is 6.45. The second-order valence-electron chi connectivity index (χ2n) is 5.94. The van der Waals surface area contributed by atoms with Gasteiger partial charge in [-0.3, -0.25) is 9.59 Å². The first kappa shape index (κ1) is 19.7. The number of hydrogen-bond acceptors (Lipinski definition) is 5. The molecule has 7 nitrogen and oxygen atoms in total. The Morgan fingerprint density at radius 1 is 1.12 bits per heavy atom. The summed E-state index contributed by atoms with van der Waals surface area (Å²) in [5.41, 5.74) is 0.182. The van der Waals surface area contributed by atoms with Crippen molar-refractivity contribution in [3.05, 3.63) is 29.8 Å². The van der Waals surface area contributed by atoms with Crippen LogP contribution in [-0.2, 0) is 14.8 Å². The van der Waals surface area contributed by atoms with Gasteiger partial charge >= 0.3 is 0 Å². The minimum absolute atomic E-state index is 0. The lowest BCUT2D eigenvalue weighted by molar-refractivity contribution is -0.132. The minimum Gasteiger partial charge on any atom is -1.00 e. The molecule has 0 spiro atoms. The van der Waals surface area contributed by atoms with Gasteiger partial charge in [0.25, 0.3) is 15.9 Å². The van der Waals surface area contributed by atoms with Crippen molar-refractivity contribution < 1.29 is 30.4 Å². The molecule has 0 bridgehead atoms. The fourth-order valence-corrected chi connectivity index (χ4v) is 4.69. The molecule has 0 radical (unpaired) electrons. The maximum absolute atomic E-state index is 12.4. The SMILES string of the molecule is CCN1CCN(C(=O)CCN2C(=O)c3ccccc3S2(=O)=O)CC1.[Cl-]. The van der Waals surface area contributed by atoms with Crippen molar-refractivity contribution in [1.29, 1.82) is 0 Å². The number of carbonyl (C=O) groups is 2. The number of rotatable bonds is 4. The highest BCUT2D eigenvalue weighted by Gasteiger charge is 2.40. The number of benzene rings is 1. The van der Waals surface area contributed by atoms with Crippen LogP contribution in [0.25, 0.3) is 0 Å². The molecule has 2 aliphatic heterocycles. The molecule has 0 N–H and O–H groups in total. The Kier molecular flexibility index (Phi) is 6.08. The molecule has 0 saturated carbocycles. The molecule has 3 rings (SSSR count). The van der Waals surface area contributed by atoms with Gasteiger partial charge in [0, 0.05) is 39.1 Å². The summed E-state index contributed by atoms with van der Waals surface area (Å²) in [5, 5.41) is 0. The van der Waals surface area contributed by atoms with Gasteiger partial charge in [-0.25, -0.2) is 12.7 Å². The summed E-state index contributed by atoms with van der Waals surface area (Å²) < 4.78 is 25.7. The summed E-state index contributed by atoms with van der Waals surface area (Å²) in [4.78, 5) is 28.6. The predicted molar refractivity (Wildman–Crippen MR) is 88.0 cm³/mol. The molecule has 2 aliphatic rings. The van der Waals surface area contributed by atoms with E-state index in [1.165, 1.54) is 12.1 Å². The molecule has 1 fully saturated rings. The van der Waals surface area contributed by atoms with Gasteiger partial charge < -0.3 is 22.2 Å². The molecule has 0 aliphatic carbocycles. The molecule has 25 heavy (non-hydrogen) atoms. The topological polar surface area (TPSA) is 78.0 Å². The first-order valence-corrected chi connectivity index (χ1v) is 9.55. The van der Waals surface area contributed by atoms with Crippen LogP contribution >= 0.6 is 0 Å². The number of carbonyl (C=O) groups excluding carboxylic acids is 2. The maximum Gasteiger partial charge on any atom is 0.269 e. The van der Waals surface area contributed by atoms with Crippen molar-refractivity contribution in [2.24, 2.45) is 0 Å². The minimum atomic E-state index is -3.83. The summed E-state index contributed by atoms with van der Waals surface area (Å²) >= 11 is 0. The largest absolute Gasteiger partial charge is 1.00 e. The Hall–Kier alpha value is -1.64. The van der Waals surface area contributed by atoms with E-state index < -0.39 is 15.9 Å². The Labute approximate surface area is 154 Å². The van der Waals surface area contributed by atoms with Gasteiger partial charge in [0.15, 0.2) is 0 Å². The number of piperazine rings is 1. The van der Waals surface area contributed by atoms with Crippen LogP contribution in [0.4, 0.5) is 0 Å². The van der Waals surface area contributed by atoms with Crippen molar-refractivity contribution in [3.63, 3.8) is 0 Å². The van der Waals surface area contributed by atoms with E-state index in [0.717, 1.165) is 23.9 Å². The smallest absolute Gasteiger partial charge is 0.269 e. The van der Waals surface area contributed by atoms with Gasteiger partial charge in [0.05, 0.1) is 5.56 Å². The quantitative estimate of drug-likeness (QED) is 0.566. The Balaban J connectivity index is 0.00000225. The molecule has 0 aromatic heterocycles. The van der Waals surface area contributed by atoms with Gasteiger partial charge in [0.1, 0.15) is 4.90 Å². The summed E-state index contributed by atoms with van der Waals surface area (Å²) in [6.07, 6.45) is 0.0189. The van der Waals surface area contributed by atoms with E-state index in [1.54, 1.807) is 17.0 Å². The van der Waals surface area contributed by atoms with E-state index >= 15 is 0 Å². The normalized spacial score (nSPS) is 19.5. The van der Waals surface area contributed by atoms with Crippen LogP contribution in [0.3, 0.4) is 0 Å². The summed E-state index contributed by atoms with van der Waals surface area (Å²) in [6.45, 7) is 5.88. The average Bonchev–Trinajstić information content (AvgIpc) is 2.80. The molecule has 1 saturated heterocycles. The lowest BCUT2D eigenvalue weighted by Crippen LogP contribution is -3.00. The van der Waals surface area contributed by atoms with Gasteiger partial charge in [-0.05, 0) is 18.7 Å². The van der Waals surface area contributed by atoms with Crippen LogP contribution < -0.4 is 12.4 Å². The second kappa shape index (κ2) is 7.72. The van der Waals surface area contributed by atoms with E-state index in [-0.39, 0.29) is 41.7 Å². The number of amides is 2.